The predicted molar refractivity (Wildman–Crippen MR) is 77.8 cm³/mol. The van der Waals surface area contributed by atoms with E-state index in [1.165, 1.54) is 25.7 Å². The highest BCUT2D eigenvalue weighted by Crippen LogP contribution is 2.29. The quantitative estimate of drug-likeness (QED) is 0.803. The van der Waals surface area contributed by atoms with Crippen molar-refractivity contribution in [1.82, 2.24) is 10.6 Å². The molecule has 3 unspecified atom stereocenters. The van der Waals surface area contributed by atoms with Gasteiger partial charge in [0.1, 0.15) is 0 Å². The lowest BCUT2D eigenvalue weighted by atomic mass is 9.87. The molecule has 104 valence electrons. The summed E-state index contributed by atoms with van der Waals surface area (Å²) in [7, 11) is 0. The minimum absolute atomic E-state index is 0.167. The lowest BCUT2D eigenvalue weighted by Crippen LogP contribution is -2.52. The molecule has 18 heavy (non-hydrogen) atoms. The van der Waals surface area contributed by atoms with E-state index in [0.717, 1.165) is 18.8 Å². The molecule has 2 rings (SSSR count). The smallest absolute Gasteiger partial charge is 0.223 e. The maximum absolute atomic E-state index is 12.2. The molecule has 0 aromatic heterocycles. The molecule has 1 heterocycles. The number of nitrogens with one attached hydrogen (secondary N) is 2. The maximum Gasteiger partial charge on any atom is 0.223 e. The largest absolute Gasteiger partial charge is 0.352 e. The first kappa shape index (κ1) is 14.2. The Morgan fingerprint density at radius 2 is 2.11 bits per heavy atom. The third-order valence-electron chi connectivity index (χ3n) is 4.34. The van der Waals surface area contributed by atoms with Crippen LogP contribution in [0.15, 0.2) is 0 Å². The van der Waals surface area contributed by atoms with Crippen molar-refractivity contribution in [3.05, 3.63) is 0 Å². The van der Waals surface area contributed by atoms with Gasteiger partial charge in [-0.15, -0.1) is 0 Å². The van der Waals surface area contributed by atoms with Gasteiger partial charge in [-0.1, -0.05) is 26.7 Å². The molecular weight excluding hydrogens is 244 g/mol. The number of carbonyl (C=O) groups is 1. The molecule has 1 saturated heterocycles. The van der Waals surface area contributed by atoms with Gasteiger partial charge in [0.2, 0.25) is 5.91 Å². The molecule has 0 aromatic carbocycles. The highest BCUT2D eigenvalue weighted by atomic mass is 32.2. The first-order valence-corrected chi connectivity index (χ1v) is 8.40. The van der Waals surface area contributed by atoms with Crippen molar-refractivity contribution in [2.45, 2.75) is 50.8 Å². The molecule has 1 aliphatic heterocycles. The minimum atomic E-state index is 0.167. The van der Waals surface area contributed by atoms with Crippen LogP contribution in [0.25, 0.3) is 0 Å². The molecule has 0 spiro atoms. The third-order valence-corrected chi connectivity index (χ3v) is 5.67. The normalized spacial score (nSPS) is 30.6. The van der Waals surface area contributed by atoms with E-state index >= 15 is 0 Å². The summed E-state index contributed by atoms with van der Waals surface area (Å²) in [6, 6.07) is 0.409. The third kappa shape index (κ3) is 3.41. The van der Waals surface area contributed by atoms with Crippen LogP contribution in [0.5, 0.6) is 0 Å². The van der Waals surface area contributed by atoms with Gasteiger partial charge >= 0.3 is 0 Å². The fourth-order valence-electron chi connectivity index (χ4n) is 2.87. The standard InChI is InChI=1S/C14H26N2OS/c1-3-18-13-7-5-4-6-12(13)16-14(17)10(2)11-8-15-9-11/h10-13,15H,3-9H2,1-2H3,(H,16,17). The van der Waals surface area contributed by atoms with Gasteiger partial charge in [-0.05, 0) is 37.6 Å². The molecule has 1 saturated carbocycles. The van der Waals surface area contributed by atoms with Crippen molar-refractivity contribution in [1.29, 1.82) is 0 Å². The summed E-state index contributed by atoms with van der Waals surface area (Å²) in [6.07, 6.45) is 5.03. The minimum Gasteiger partial charge on any atom is -0.352 e. The van der Waals surface area contributed by atoms with E-state index in [9.17, 15) is 4.79 Å². The van der Waals surface area contributed by atoms with E-state index in [4.69, 9.17) is 0 Å². The van der Waals surface area contributed by atoms with Gasteiger partial charge in [0.05, 0.1) is 0 Å². The van der Waals surface area contributed by atoms with Crippen molar-refractivity contribution >= 4 is 17.7 Å². The molecule has 3 nitrogen and oxygen atoms in total. The van der Waals surface area contributed by atoms with E-state index in [-0.39, 0.29) is 11.8 Å². The lowest BCUT2D eigenvalue weighted by molar-refractivity contribution is -0.127. The highest BCUT2D eigenvalue weighted by molar-refractivity contribution is 7.99. The highest BCUT2D eigenvalue weighted by Gasteiger charge is 2.32. The van der Waals surface area contributed by atoms with Crippen LogP contribution in [-0.2, 0) is 4.79 Å². The summed E-state index contributed by atoms with van der Waals surface area (Å²) in [5, 5.41) is 7.20. The van der Waals surface area contributed by atoms with Crippen molar-refractivity contribution < 1.29 is 4.79 Å². The van der Waals surface area contributed by atoms with Crippen molar-refractivity contribution in [3.8, 4) is 0 Å². The first-order chi connectivity index (χ1) is 8.72. The molecule has 4 heteroatoms. The Balaban J connectivity index is 1.83. The van der Waals surface area contributed by atoms with E-state index in [1.807, 2.05) is 11.8 Å². The summed E-state index contributed by atoms with van der Waals surface area (Å²) in [5.74, 6) is 2.14. The van der Waals surface area contributed by atoms with Crippen LogP contribution in [-0.4, -0.2) is 36.0 Å². The van der Waals surface area contributed by atoms with Crippen LogP contribution in [0.1, 0.15) is 39.5 Å². The molecule has 2 fully saturated rings. The van der Waals surface area contributed by atoms with Crippen molar-refractivity contribution in [2.75, 3.05) is 18.8 Å². The summed E-state index contributed by atoms with van der Waals surface area (Å²) in [6.45, 7) is 6.30. The second-order valence-electron chi connectivity index (χ2n) is 5.60. The van der Waals surface area contributed by atoms with Gasteiger partial charge in [0, 0.05) is 17.2 Å². The number of hydrogen-bond donors (Lipinski definition) is 2. The van der Waals surface area contributed by atoms with E-state index in [0.29, 0.717) is 17.2 Å². The zero-order chi connectivity index (χ0) is 13.0. The van der Waals surface area contributed by atoms with Gasteiger partial charge in [0.25, 0.3) is 0 Å². The monoisotopic (exact) mass is 270 g/mol. The molecule has 0 aromatic rings. The number of rotatable bonds is 5. The average molecular weight is 270 g/mol. The van der Waals surface area contributed by atoms with Gasteiger partial charge in [0.15, 0.2) is 0 Å². The first-order valence-electron chi connectivity index (χ1n) is 7.35. The number of amides is 1. The number of hydrogen-bond acceptors (Lipinski definition) is 3. The zero-order valence-electron chi connectivity index (χ0n) is 11.6. The number of carbonyl (C=O) groups excluding carboxylic acids is 1. The fourth-order valence-corrected chi connectivity index (χ4v) is 4.07. The Hall–Kier alpha value is -0.220. The van der Waals surface area contributed by atoms with Crippen molar-refractivity contribution in [3.63, 3.8) is 0 Å². The average Bonchev–Trinajstić information content (AvgIpc) is 2.29. The van der Waals surface area contributed by atoms with Crippen molar-refractivity contribution in [2.24, 2.45) is 11.8 Å². The molecule has 1 aliphatic carbocycles. The second-order valence-corrected chi connectivity index (χ2v) is 7.12. The predicted octanol–water partition coefficient (Wildman–Crippen LogP) is 2.02. The zero-order valence-corrected chi connectivity index (χ0v) is 12.4. The molecule has 1 amide bonds. The van der Waals surface area contributed by atoms with E-state index < -0.39 is 0 Å². The Morgan fingerprint density at radius 3 is 2.72 bits per heavy atom. The summed E-state index contributed by atoms with van der Waals surface area (Å²) >= 11 is 2.02. The van der Waals surface area contributed by atoms with E-state index in [1.54, 1.807) is 0 Å². The van der Waals surface area contributed by atoms with Gasteiger partial charge in [-0.3, -0.25) is 4.79 Å². The maximum atomic E-state index is 12.2. The van der Waals surface area contributed by atoms with E-state index in [2.05, 4.69) is 24.5 Å². The SMILES string of the molecule is CCSC1CCCCC1NC(=O)C(C)C1CNC1. The molecule has 3 atom stereocenters. The summed E-state index contributed by atoms with van der Waals surface area (Å²) < 4.78 is 0. The second kappa shape index (κ2) is 6.80. The number of thioether (sulfide) groups is 1. The molecule has 2 N–H and O–H groups in total. The van der Waals surface area contributed by atoms with Gasteiger partial charge in [-0.2, -0.15) is 11.8 Å². The van der Waals surface area contributed by atoms with Crippen LogP contribution >= 0.6 is 11.8 Å². The van der Waals surface area contributed by atoms with Gasteiger partial charge < -0.3 is 10.6 Å². The molecule has 2 aliphatic rings. The van der Waals surface area contributed by atoms with Crippen LogP contribution in [0, 0.1) is 11.8 Å². The Labute approximate surface area is 115 Å². The van der Waals surface area contributed by atoms with Gasteiger partial charge in [-0.25, -0.2) is 0 Å². The Kier molecular flexibility index (Phi) is 5.37. The Morgan fingerprint density at radius 1 is 1.39 bits per heavy atom. The Bertz CT molecular complexity index is 279. The van der Waals surface area contributed by atoms with Crippen LogP contribution in [0.4, 0.5) is 0 Å². The summed E-state index contributed by atoms with van der Waals surface area (Å²) in [5.41, 5.74) is 0. The van der Waals surface area contributed by atoms with Crippen LogP contribution in [0.2, 0.25) is 0 Å². The fraction of sp³-hybridized carbons (Fsp3) is 0.929. The summed E-state index contributed by atoms with van der Waals surface area (Å²) in [4.78, 5) is 12.2. The van der Waals surface area contributed by atoms with Crippen LogP contribution < -0.4 is 10.6 Å². The van der Waals surface area contributed by atoms with Crippen LogP contribution in [0.3, 0.4) is 0 Å². The molecule has 0 radical (unpaired) electrons. The molecular formula is C14H26N2OS. The lowest BCUT2D eigenvalue weighted by Gasteiger charge is -2.35. The topological polar surface area (TPSA) is 41.1 Å². The molecule has 0 bridgehead atoms.